The van der Waals surface area contributed by atoms with Gasteiger partial charge in [-0.1, -0.05) is 24.3 Å². The van der Waals surface area contributed by atoms with Crippen molar-refractivity contribution in [2.75, 3.05) is 7.11 Å². The predicted octanol–water partition coefficient (Wildman–Crippen LogP) is 3.19. The van der Waals surface area contributed by atoms with Crippen molar-refractivity contribution in [2.24, 2.45) is 0 Å². The average molecular weight is 352 g/mol. The Morgan fingerprint density at radius 1 is 1.19 bits per heavy atom. The van der Waals surface area contributed by atoms with E-state index in [0.29, 0.717) is 12.1 Å². The summed E-state index contributed by atoms with van der Waals surface area (Å²) in [5, 5.41) is 0. The van der Waals surface area contributed by atoms with Crippen LogP contribution in [0.5, 0.6) is 11.6 Å². The number of benzene rings is 2. The molecule has 6 heteroatoms. The molecule has 1 aliphatic heterocycles. The zero-order valence-corrected chi connectivity index (χ0v) is 14.2. The molecule has 0 aliphatic carbocycles. The van der Waals surface area contributed by atoms with Gasteiger partial charge in [0.05, 0.1) is 12.8 Å². The molecule has 0 amide bonds. The summed E-state index contributed by atoms with van der Waals surface area (Å²) in [7, 11) is 1.60. The van der Waals surface area contributed by atoms with E-state index in [1.54, 1.807) is 35.9 Å². The fourth-order valence-corrected chi connectivity index (χ4v) is 3.14. The number of nitrogens with zero attached hydrogens (tertiary/aromatic N) is 2. The van der Waals surface area contributed by atoms with E-state index in [-0.39, 0.29) is 24.0 Å². The maximum absolute atomic E-state index is 13.7. The minimum absolute atomic E-state index is 0.00747. The number of aromatic nitrogens is 2. The lowest BCUT2D eigenvalue weighted by Gasteiger charge is -2.22. The summed E-state index contributed by atoms with van der Waals surface area (Å²) in [6.45, 7) is 0.571. The molecule has 2 heterocycles. The Bertz CT molecular complexity index is 1030. The first-order chi connectivity index (χ1) is 12.7. The van der Waals surface area contributed by atoms with Crippen molar-refractivity contribution in [3.05, 3.63) is 76.0 Å². The molecule has 0 bridgehead atoms. The maximum atomic E-state index is 13.7. The summed E-state index contributed by atoms with van der Waals surface area (Å²) in [4.78, 5) is 16.4. The van der Waals surface area contributed by atoms with Gasteiger partial charge in [-0.3, -0.25) is 4.57 Å². The van der Waals surface area contributed by atoms with Gasteiger partial charge in [0.1, 0.15) is 18.2 Å². The minimum Gasteiger partial charge on any atom is -0.497 e. The number of rotatable bonds is 4. The highest BCUT2D eigenvalue weighted by Crippen LogP contribution is 2.32. The van der Waals surface area contributed by atoms with E-state index < -0.39 is 0 Å². The molecule has 0 fully saturated rings. The molecule has 5 nitrogen and oxygen atoms in total. The van der Waals surface area contributed by atoms with Crippen LogP contribution in [0.2, 0.25) is 0 Å². The van der Waals surface area contributed by atoms with E-state index in [9.17, 15) is 9.18 Å². The van der Waals surface area contributed by atoms with Crippen LogP contribution in [0.25, 0.3) is 11.3 Å². The van der Waals surface area contributed by atoms with Crippen LogP contribution in [0, 0.1) is 5.82 Å². The van der Waals surface area contributed by atoms with Gasteiger partial charge >= 0.3 is 5.69 Å². The van der Waals surface area contributed by atoms with Crippen molar-refractivity contribution in [1.82, 2.24) is 9.55 Å². The maximum Gasteiger partial charge on any atom is 0.351 e. The van der Waals surface area contributed by atoms with Crippen LogP contribution >= 0.6 is 0 Å². The van der Waals surface area contributed by atoms with Crippen molar-refractivity contribution in [2.45, 2.75) is 19.6 Å². The van der Waals surface area contributed by atoms with Gasteiger partial charge in [-0.05, 0) is 30.2 Å². The summed E-state index contributed by atoms with van der Waals surface area (Å²) >= 11 is 0. The average Bonchev–Trinajstić information content (AvgIpc) is 2.67. The Hall–Kier alpha value is -3.15. The van der Waals surface area contributed by atoms with Gasteiger partial charge in [-0.15, -0.1) is 0 Å². The Kier molecular flexibility index (Phi) is 4.16. The summed E-state index contributed by atoms with van der Waals surface area (Å²) in [5.74, 6) is 0.549. The topological polar surface area (TPSA) is 53.4 Å². The molecule has 2 aromatic carbocycles. The van der Waals surface area contributed by atoms with Crippen molar-refractivity contribution in [1.29, 1.82) is 0 Å². The van der Waals surface area contributed by atoms with Crippen LogP contribution in [-0.2, 0) is 19.6 Å². The predicted molar refractivity (Wildman–Crippen MR) is 94.9 cm³/mol. The van der Waals surface area contributed by atoms with E-state index in [1.807, 2.05) is 18.2 Å². The quantitative estimate of drug-likeness (QED) is 0.724. The van der Waals surface area contributed by atoms with Crippen LogP contribution in [0.3, 0.4) is 0 Å². The van der Waals surface area contributed by atoms with Crippen molar-refractivity contribution >= 4 is 0 Å². The molecule has 1 aliphatic rings. The van der Waals surface area contributed by atoms with Crippen molar-refractivity contribution in [3.63, 3.8) is 0 Å². The molecule has 0 spiro atoms. The Morgan fingerprint density at radius 2 is 2.04 bits per heavy atom. The first-order valence-corrected chi connectivity index (χ1v) is 8.31. The number of methoxy groups -OCH3 is 1. The fourth-order valence-electron chi connectivity index (χ4n) is 3.14. The van der Waals surface area contributed by atoms with Gasteiger partial charge in [-0.25, -0.2) is 9.18 Å². The second kappa shape index (κ2) is 6.63. The number of hydrogen-bond donors (Lipinski definition) is 0. The summed E-state index contributed by atoms with van der Waals surface area (Å²) in [5.41, 5.74) is 2.82. The van der Waals surface area contributed by atoms with E-state index in [2.05, 4.69) is 4.98 Å². The first-order valence-electron chi connectivity index (χ1n) is 8.31. The Morgan fingerprint density at radius 3 is 2.85 bits per heavy atom. The second-order valence-corrected chi connectivity index (χ2v) is 6.07. The normalized spacial score (nSPS) is 12.2. The molecule has 0 radical (unpaired) electrons. The molecule has 0 saturated carbocycles. The molecule has 0 saturated heterocycles. The summed E-state index contributed by atoms with van der Waals surface area (Å²) < 4.78 is 26.3. The third kappa shape index (κ3) is 2.94. The van der Waals surface area contributed by atoms with Gasteiger partial charge in [-0.2, -0.15) is 4.98 Å². The van der Waals surface area contributed by atoms with Gasteiger partial charge in [0.15, 0.2) is 0 Å². The number of hydrogen-bond acceptors (Lipinski definition) is 4. The highest BCUT2D eigenvalue weighted by atomic mass is 19.1. The van der Waals surface area contributed by atoms with Crippen LogP contribution in [0.4, 0.5) is 4.39 Å². The molecule has 132 valence electrons. The Labute approximate surface area is 149 Å². The monoisotopic (exact) mass is 352 g/mol. The molecule has 0 atom stereocenters. The first kappa shape index (κ1) is 16.3. The SMILES string of the molecule is COc1ccc2c(c1)-c1cc(OCc3ccccc3F)nc(=O)n1CC2. The van der Waals surface area contributed by atoms with Gasteiger partial charge in [0, 0.05) is 23.7 Å². The van der Waals surface area contributed by atoms with E-state index >= 15 is 0 Å². The lowest BCUT2D eigenvalue weighted by molar-refractivity contribution is 0.285. The zero-order valence-electron chi connectivity index (χ0n) is 14.2. The van der Waals surface area contributed by atoms with Crippen LogP contribution < -0.4 is 15.2 Å². The molecule has 1 aromatic heterocycles. The lowest BCUT2D eigenvalue weighted by atomic mass is 9.97. The third-order valence-corrected chi connectivity index (χ3v) is 4.52. The van der Waals surface area contributed by atoms with Crippen LogP contribution in [0.1, 0.15) is 11.1 Å². The summed E-state index contributed by atoms with van der Waals surface area (Å²) in [6, 6.07) is 13.9. The molecular weight excluding hydrogens is 335 g/mol. The van der Waals surface area contributed by atoms with Crippen molar-refractivity contribution in [3.8, 4) is 22.9 Å². The number of aryl methyl sites for hydroxylation is 1. The van der Waals surface area contributed by atoms with E-state index in [0.717, 1.165) is 29.0 Å². The minimum atomic E-state index is -0.375. The molecule has 4 rings (SSSR count). The van der Waals surface area contributed by atoms with Crippen LogP contribution in [-0.4, -0.2) is 16.7 Å². The Balaban J connectivity index is 1.70. The zero-order chi connectivity index (χ0) is 18.1. The lowest BCUT2D eigenvalue weighted by Crippen LogP contribution is -2.28. The smallest absolute Gasteiger partial charge is 0.351 e. The van der Waals surface area contributed by atoms with Gasteiger partial charge < -0.3 is 9.47 Å². The van der Waals surface area contributed by atoms with Gasteiger partial charge in [0.2, 0.25) is 5.88 Å². The highest BCUT2D eigenvalue weighted by molar-refractivity contribution is 5.68. The van der Waals surface area contributed by atoms with E-state index in [1.165, 1.54) is 6.07 Å². The molecule has 3 aromatic rings. The molecule has 26 heavy (non-hydrogen) atoms. The van der Waals surface area contributed by atoms with Crippen molar-refractivity contribution < 1.29 is 13.9 Å². The van der Waals surface area contributed by atoms with Crippen LogP contribution in [0.15, 0.2) is 53.3 Å². The molecule has 0 unspecified atom stereocenters. The molecular formula is C20H17FN2O3. The number of ether oxygens (including phenoxy) is 2. The third-order valence-electron chi connectivity index (χ3n) is 4.52. The largest absolute Gasteiger partial charge is 0.497 e. The van der Waals surface area contributed by atoms with Gasteiger partial charge in [0.25, 0.3) is 0 Å². The fraction of sp³-hybridized carbons (Fsp3) is 0.200. The standard InChI is InChI=1S/C20H17FN2O3/c1-25-15-7-6-13-8-9-23-18(16(13)10-15)11-19(22-20(23)24)26-12-14-4-2-3-5-17(14)21/h2-7,10-11H,8-9,12H2,1H3. The highest BCUT2D eigenvalue weighted by Gasteiger charge is 2.20. The number of fused-ring (bicyclic) bond motifs is 3. The van der Waals surface area contributed by atoms with E-state index in [4.69, 9.17) is 9.47 Å². The molecule has 0 N–H and O–H groups in total. The summed E-state index contributed by atoms with van der Waals surface area (Å²) in [6.07, 6.45) is 0.753. The number of halogens is 1. The second-order valence-electron chi connectivity index (χ2n) is 6.07.